The SMILES string of the molecule is CCN1CCCC1CNC(=NCc1nnc(C)n1C)N1CCC(CC(=O)NC)CC1.I. The normalized spacial score (nSPS) is 20.6. The summed E-state index contributed by atoms with van der Waals surface area (Å²) in [5.74, 6) is 3.32. The maximum absolute atomic E-state index is 11.7. The van der Waals surface area contributed by atoms with Gasteiger partial charge in [-0.15, -0.1) is 34.2 Å². The minimum absolute atomic E-state index is 0. The fourth-order valence-corrected chi connectivity index (χ4v) is 4.47. The zero-order valence-corrected chi connectivity index (χ0v) is 21.8. The summed E-state index contributed by atoms with van der Waals surface area (Å²) in [6, 6.07) is 0.572. The number of likely N-dealkylation sites (tertiary alicyclic amines) is 2. The van der Waals surface area contributed by atoms with Crippen molar-refractivity contribution < 1.29 is 4.79 Å². The third-order valence-electron chi connectivity index (χ3n) is 6.62. The molecule has 1 amide bonds. The van der Waals surface area contributed by atoms with E-state index in [4.69, 9.17) is 4.99 Å². The fourth-order valence-electron chi connectivity index (χ4n) is 4.47. The molecule has 176 valence electrons. The number of hydrogen-bond donors (Lipinski definition) is 2. The summed E-state index contributed by atoms with van der Waals surface area (Å²) in [5.41, 5.74) is 0. The van der Waals surface area contributed by atoms with Gasteiger partial charge in [0.1, 0.15) is 12.4 Å². The summed E-state index contributed by atoms with van der Waals surface area (Å²) in [7, 11) is 3.69. The minimum atomic E-state index is 0. The van der Waals surface area contributed by atoms with Crippen molar-refractivity contribution in [1.82, 2.24) is 35.2 Å². The number of hydrogen-bond acceptors (Lipinski definition) is 5. The van der Waals surface area contributed by atoms with Crippen LogP contribution >= 0.6 is 24.0 Å². The molecule has 3 rings (SSSR count). The molecule has 2 saturated heterocycles. The summed E-state index contributed by atoms with van der Waals surface area (Å²) < 4.78 is 1.99. The van der Waals surface area contributed by atoms with Crippen LogP contribution in [0.25, 0.3) is 0 Å². The molecular weight excluding hydrogens is 507 g/mol. The predicted octanol–water partition coefficient (Wildman–Crippen LogP) is 1.52. The second kappa shape index (κ2) is 12.6. The van der Waals surface area contributed by atoms with E-state index in [2.05, 4.69) is 37.6 Å². The Kier molecular flexibility index (Phi) is 10.5. The number of piperidine rings is 1. The maximum atomic E-state index is 11.7. The highest BCUT2D eigenvalue weighted by Gasteiger charge is 2.26. The van der Waals surface area contributed by atoms with Crippen molar-refractivity contribution in [3.63, 3.8) is 0 Å². The smallest absolute Gasteiger partial charge is 0.220 e. The van der Waals surface area contributed by atoms with Gasteiger partial charge in [-0.2, -0.15) is 0 Å². The van der Waals surface area contributed by atoms with Crippen LogP contribution in [0.2, 0.25) is 0 Å². The van der Waals surface area contributed by atoms with Crippen LogP contribution in [0, 0.1) is 12.8 Å². The largest absolute Gasteiger partial charge is 0.359 e. The number of aliphatic imine (C=N–C) groups is 1. The highest BCUT2D eigenvalue weighted by molar-refractivity contribution is 14.0. The van der Waals surface area contributed by atoms with Crippen LogP contribution in [-0.2, 0) is 18.4 Å². The van der Waals surface area contributed by atoms with Crippen LogP contribution in [0.1, 0.15) is 50.7 Å². The Balaban J connectivity index is 0.00000341. The van der Waals surface area contributed by atoms with E-state index in [-0.39, 0.29) is 29.9 Å². The molecule has 2 N–H and O–H groups in total. The lowest BCUT2D eigenvalue weighted by Crippen LogP contribution is -2.49. The van der Waals surface area contributed by atoms with E-state index in [1.165, 1.54) is 19.4 Å². The van der Waals surface area contributed by atoms with E-state index < -0.39 is 0 Å². The standard InChI is InChI=1S/C21H38N8O.HI/c1-5-28-10-6-7-18(28)14-23-21(24-15-19-26-25-16(2)27(19)4)29-11-8-17(9-12-29)13-20(30)22-3;/h17-18H,5-15H2,1-4H3,(H,22,30)(H,23,24);1H. The second-order valence-corrected chi connectivity index (χ2v) is 8.48. The van der Waals surface area contributed by atoms with Gasteiger partial charge in [-0.1, -0.05) is 6.92 Å². The summed E-state index contributed by atoms with van der Waals surface area (Å²) in [6.07, 6.45) is 5.17. The van der Waals surface area contributed by atoms with Crippen LogP contribution < -0.4 is 10.6 Å². The third-order valence-corrected chi connectivity index (χ3v) is 6.62. The summed E-state index contributed by atoms with van der Waals surface area (Å²) in [6.45, 7) is 9.76. The van der Waals surface area contributed by atoms with Crippen LogP contribution in [-0.4, -0.2) is 82.2 Å². The molecule has 10 heteroatoms. The molecule has 1 atom stereocenters. The van der Waals surface area contributed by atoms with Crippen LogP contribution in [0.3, 0.4) is 0 Å². The molecule has 0 spiro atoms. The van der Waals surface area contributed by atoms with Crippen molar-refractivity contribution in [1.29, 1.82) is 0 Å². The number of nitrogens with zero attached hydrogens (tertiary/aromatic N) is 6. The number of carbonyl (C=O) groups excluding carboxylic acids is 1. The molecular formula is C21H39IN8O. The molecule has 0 radical (unpaired) electrons. The third kappa shape index (κ3) is 7.03. The second-order valence-electron chi connectivity index (χ2n) is 8.48. The number of rotatable bonds is 7. The Hall–Kier alpha value is -1.43. The van der Waals surface area contributed by atoms with Gasteiger partial charge in [0.15, 0.2) is 11.8 Å². The lowest BCUT2D eigenvalue weighted by Gasteiger charge is -2.35. The van der Waals surface area contributed by atoms with Crippen molar-refractivity contribution in [2.45, 2.75) is 58.5 Å². The molecule has 9 nitrogen and oxygen atoms in total. The minimum Gasteiger partial charge on any atom is -0.359 e. The first-order chi connectivity index (χ1) is 14.5. The molecule has 0 saturated carbocycles. The Labute approximate surface area is 203 Å². The molecule has 1 aromatic heterocycles. The van der Waals surface area contributed by atoms with E-state index in [0.29, 0.717) is 24.9 Å². The molecule has 2 fully saturated rings. The number of amides is 1. The van der Waals surface area contributed by atoms with E-state index in [1.807, 2.05) is 18.5 Å². The van der Waals surface area contributed by atoms with Crippen molar-refractivity contribution >= 4 is 35.8 Å². The topological polar surface area (TPSA) is 90.7 Å². The highest BCUT2D eigenvalue weighted by Crippen LogP contribution is 2.21. The van der Waals surface area contributed by atoms with E-state index in [0.717, 1.165) is 56.6 Å². The number of aromatic nitrogens is 3. The highest BCUT2D eigenvalue weighted by atomic mass is 127. The number of likely N-dealkylation sites (N-methyl/N-ethyl adjacent to an activating group) is 1. The summed E-state index contributed by atoms with van der Waals surface area (Å²) in [4.78, 5) is 21.5. The van der Waals surface area contributed by atoms with E-state index >= 15 is 0 Å². The van der Waals surface area contributed by atoms with Crippen LogP contribution in [0.4, 0.5) is 0 Å². The van der Waals surface area contributed by atoms with Crippen molar-refractivity contribution in [2.24, 2.45) is 18.0 Å². The van der Waals surface area contributed by atoms with Gasteiger partial charge in [0.25, 0.3) is 0 Å². The van der Waals surface area contributed by atoms with Gasteiger partial charge in [0.2, 0.25) is 5.91 Å². The zero-order chi connectivity index (χ0) is 21.5. The molecule has 0 aromatic carbocycles. The number of aryl methyl sites for hydroxylation is 1. The number of nitrogens with one attached hydrogen (secondary N) is 2. The van der Waals surface area contributed by atoms with Crippen LogP contribution in [0.15, 0.2) is 4.99 Å². The van der Waals surface area contributed by atoms with Crippen molar-refractivity contribution in [3.8, 4) is 0 Å². The maximum Gasteiger partial charge on any atom is 0.220 e. The van der Waals surface area contributed by atoms with Gasteiger partial charge in [-0.25, -0.2) is 4.99 Å². The molecule has 0 bridgehead atoms. The summed E-state index contributed by atoms with van der Waals surface area (Å²) >= 11 is 0. The first-order valence-electron chi connectivity index (χ1n) is 11.3. The first-order valence-corrected chi connectivity index (χ1v) is 11.3. The number of guanidine groups is 1. The van der Waals surface area contributed by atoms with Crippen molar-refractivity contribution in [2.75, 3.05) is 39.8 Å². The average molecular weight is 547 g/mol. The van der Waals surface area contributed by atoms with E-state index in [1.54, 1.807) is 7.05 Å². The molecule has 1 aromatic rings. The molecule has 1 unspecified atom stereocenters. The van der Waals surface area contributed by atoms with Crippen LogP contribution in [0.5, 0.6) is 0 Å². The lowest BCUT2D eigenvalue weighted by atomic mass is 9.93. The average Bonchev–Trinajstić information content (AvgIpc) is 3.35. The zero-order valence-electron chi connectivity index (χ0n) is 19.4. The van der Waals surface area contributed by atoms with Gasteiger partial charge >= 0.3 is 0 Å². The van der Waals surface area contributed by atoms with E-state index in [9.17, 15) is 4.79 Å². The van der Waals surface area contributed by atoms with Gasteiger partial charge in [0.05, 0.1) is 0 Å². The molecule has 31 heavy (non-hydrogen) atoms. The Bertz CT molecular complexity index is 729. The Morgan fingerprint density at radius 2 is 1.94 bits per heavy atom. The summed E-state index contributed by atoms with van der Waals surface area (Å²) in [5, 5.41) is 14.8. The quantitative estimate of drug-likeness (QED) is 0.306. The lowest BCUT2D eigenvalue weighted by molar-refractivity contribution is -0.121. The Morgan fingerprint density at radius 3 is 2.55 bits per heavy atom. The molecule has 3 heterocycles. The monoisotopic (exact) mass is 546 g/mol. The molecule has 0 aliphatic carbocycles. The van der Waals surface area contributed by atoms with Crippen molar-refractivity contribution in [3.05, 3.63) is 11.6 Å². The Morgan fingerprint density at radius 1 is 1.19 bits per heavy atom. The van der Waals surface area contributed by atoms with Gasteiger partial charge in [-0.3, -0.25) is 9.69 Å². The molecule has 2 aliphatic heterocycles. The number of carbonyl (C=O) groups is 1. The fraction of sp³-hybridized carbons (Fsp3) is 0.810. The predicted molar refractivity (Wildman–Crippen MR) is 134 cm³/mol. The number of halogens is 1. The van der Waals surface area contributed by atoms with Gasteiger partial charge < -0.3 is 20.1 Å². The molecule has 2 aliphatic rings. The van der Waals surface area contributed by atoms with Gasteiger partial charge in [-0.05, 0) is 51.6 Å². The first kappa shape index (κ1) is 25.8. The van der Waals surface area contributed by atoms with Gasteiger partial charge in [0, 0.05) is 46.2 Å².